The molecule has 4 atom stereocenters. The van der Waals surface area contributed by atoms with Crippen LogP contribution in [0, 0.1) is 17.8 Å². The van der Waals surface area contributed by atoms with Gasteiger partial charge in [0.2, 0.25) is 0 Å². The van der Waals surface area contributed by atoms with Crippen molar-refractivity contribution < 1.29 is 8.42 Å². The van der Waals surface area contributed by atoms with E-state index < -0.39 is 10.2 Å². The SMILES string of the molecule is CC(NS(=O)(=O)N1CCNCC1)C1CC2CCC1C2. The van der Waals surface area contributed by atoms with Crippen LogP contribution < -0.4 is 10.0 Å². The minimum absolute atomic E-state index is 0.0789. The van der Waals surface area contributed by atoms with E-state index in [-0.39, 0.29) is 6.04 Å². The van der Waals surface area contributed by atoms with Crippen LogP contribution in [0.2, 0.25) is 0 Å². The Kier molecular flexibility index (Phi) is 3.86. The molecule has 1 heterocycles. The Labute approximate surface area is 116 Å². The number of nitrogens with zero attached hydrogens (tertiary/aromatic N) is 1. The molecule has 2 saturated carbocycles. The first-order valence-electron chi connectivity index (χ1n) is 7.54. The summed E-state index contributed by atoms with van der Waals surface area (Å²) in [5, 5.41) is 3.18. The lowest BCUT2D eigenvalue weighted by molar-refractivity contribution is 0.273. The number of hydrogen-bond donors (Lipinski definition) is 2. The van der Waals surface area contributed by atoms with Crippen LogP contribution in [0.1, 0.15) is 32.6 Å². The predicted molar refractivity (Wildman–Crippen MR) is 74.9 cm³/mol. The van der Waals surface area contributed by atoms with Crippen molar-refractivity contribution in [3.8, 4) is 0 Å². The second-order valence-electron chi connectivity index (χ2n) is 6.40. The fraction of sp³-hybridized carbons (Fsp3) is 1.00. The van der Waals surface area contributed by atoms with Crippen LogP contribution in [0.25, 0.3) is 0 Å². The van der Waals surface area contributed by atoms with Gasteiger partial charge in [-0.25, -0.2) is 0 Å². The number of rotatable bonds is 4. The van der Waals surface area contributed by atoms with Gasteiger partial charge in [-0.15, -0.1) is 0 Å². The third kappa shape index (κ3) is 2.82. The molecule has 1 saturated heterocycles. The molecule has 0 aromatic rings. The molecule has 6 heteroatoms. The molecule has 110 valence electrons. The van der Waals surface area contributed by atoms with Gasteiger partial charge >= 0.3 is 0 Å². The summed E-state index contributed by atoms with van der Waals surface area (Å²) >= 11 is 0. The van der Waals surface area contributed by atoms with E-state index in [9.17, 15) is 8.42 Å². The molecule has 0 aromatic heterocycles. The summed E-state index contributed by atoms with van der Waals surface area (Å²) < 4.78 is 29.2. The highest BCUT2D eigenvalue weighted by Gasteiger charge is 2.43. The van der Waals surface area contributed by atoms with E-state index in [1.165, 1.54) is 25.7 Å². The van der Waals surface area contributed by atoms with Crippen molar-refractivity contribution in [2.24, 2.45) is 17.8 Å². The van der Waals surface area contributed by atoms with E-state index in [2.05, 4.69) is 10.0 Å². The smallest absolute Gasteiger partial charge is 0.279 e. The monoisotopic (exact) mass is 287 g/mol. The fourth-order valence-electron chi connectivity index (χ4n) is 4.19. The molecular weight excluding hydrogens is 262 g/mol. The van der Waals surface area contributed by atoms with Gasteiger partial charge in [-0.1, -0.05) is 6.42 Å². The van der Waals surface area contributed by atoms with Crippen LogP contribution in [-0.2, 0) is 10.2 Å². The molecule has 2 aliphatic carbocycles. The number of nitrogens with one attached hydrogen (secondary N) is 2. The number of piperazine rings is 1. The van der Waals surface area contributed by atoms with Gasteiger partial charge in [0.05, 0.1) is 0 Å². The van der Waals surface area contributed by atoms with Crippen molar-refractivity contribution in [1.29, 1.82) is 0 Å². The minimum atomic E-state index is -3.29. The molecule has 3 rings (SSSR count). The molecule has 0 radical (unpaired) electrons. The van der Waals surface area contributed by atoms with Crippen molar-refractivity contribution in [2.75, 3.05) is 26.2 Å². The lowest BCUT2D eigenvalue weighted by Crippen LogP contribution is -2.53. The molecule has 0 aromatic carbocycles. The van der Waals surface area contributed by atoms with Gasteiger partial charge in [0.15, 0.2) is 0 Å². The maximum absolute atomic E-state index is 12.3. The minimum Gasteiger partial charge on any atom is -0.314 e. The molecule has 5 nitrogen and oxygen atoms in total. The van der Waals surface area contributed by atoms with Crippen LogP contribution in [0.3, 0.4) is 0 Å². The first kappa shape index (κ1) is 13.8. The van der Waals surface area contributed by atoms with Gasteiger partial charge in [-0.2, -0.15) is 17.4 Å². The highest BCUT2D eigenvalue weighted by molar-refractivity contribution is 7.87. The van der Waals surface area contributed by atoms with Gasteiger partial charge in [-0.3, -0.25) is 0 Å². The summed E-state index contributed by atoms with van der Waals surface area (Å²) in [4.78, 5) is 0. The molecule has 1 aliphatic heterocycles. The standard InChI is InChI=1S/C13H25N3O2S/c1-10(13-9-11-2-3-12(13)8-11)15-19(17,18)16-6-4-14-5-7-16/h10-15H,2-9H2,1H3. The average Bonchev–Trinajstić information content (AvgIpc) is 3.01. The van der Waals surface area contributed by atoms with Gasteiger partial charge in [0.25, 0.3) is 10.2 Å². The van der Waals surface area contributed by atoms with Gasteiger partial charge < -0.3 is 5.32 Å². The summed E-state index contributed by atoms with van der Waals surface area (Å²) in [6.45, 7) is 4.72. The molecule has 0 amide bonds. The Bertz CT molecular complexity index is 420. The third-order valence-corrected chi connectivity index (χ3v) is 6.90. The van der Waals surface area contributed by atoms with E-state index in [4.69, 9.17) is 0 Å². The molecule has 3 aliphatic rings. The molecule has 2 N–H and O–H groups in total. The molecule has 0 spiro atoms. The van der Waals surface area contributed by atoms with Crippen LogP contribution in [0.5, 0.6) is 0 Å². The fourth-order valence-corrected chi connectivity index (χ4v) is 5.64. The summed E-state index contributed by atoms with van der Waals surface area (Å²) in [5.74, 6) is 2.17. The van der Waals surface area contributed by atoms with Crippen LogP contribution in [0.4, 0.5) is 0 Å². The molecule has 3 fully saturated rings. The molecular formula is C13H25N3O2S. The Balaban J connectivity index is 1.60. The summed E-state index contributed by atoms with van der Waals surface area (Å²) in [5.41, 5.74) is 0. The maximum Gasteiger partial charge on any atom is 0.279 e. The largest absolute Gasteiger partial charge is 0.314 e. The Hall–Kier alpha value is -0.170. The van der Waals surface area contributed by atoms with E-state index in [0.717, 1.165) is 24.9 Å². The lowest BCUT2D eigenvalue weighted by Gasteiger charge is -2.32. The highest BCUT2D eigenvalue weighted by Crippen LogP contribution is 2.49. The summed E-state index contributed by atoms with van der Waals surface area (Å²) in [6.07, 6.45) is 5.20. The topological polar surface area (TPSA) is 61.4 Å². The van der Waals surface area contributed by atoms with Crippen molar-refractivity contribution in [3.63, 3.8) is 0 Å². The Morgan fingerprint density at radius 3 is 2.53 bits per heavy atom. The second kappa shape index (κ2) is 5.31. The molecule has 4 unspecified atom stereocenters. The van der Waals surface area contributed by atoms with Crippen molar-refractivity contribution in [2.45, 2.75) is 38.6 Å². The van der Waals surface area contributed by atoms with Crippen LogP contribution in [-0.4, -0.2) is 44.9 Å². The van der Waals surface area contributed by atoms with E-state index >= 15 is 0 Å². The zero-order valence-electron chi connectivity index (χ0n) is 11.6. The first-order valence-corrected chi connectivity index (χ1v) is 8.98. The normalized spacial score (nSPS) is 37.6. The Morgan fingerprint density at radius 2 is 1.95 bits per heavy atom. The van der Waals surface area contributed by atoms with E-state index in [0.29, 0.717) is 19.0 Å². The first-order chi connectivity index (χ1) is 9.06. The zero-order chi connectivity index (χ0) is 13.5. The molecule has 2 bridgehead atoms. The molecule has 19 heavy (non-hydrogen) atoms. The van der Waals surface area contributed by atoms with Crippen molar-refractivity contribution in [3.05, 3.63) is 0 Å². The van der Waals surface area contributed by atoms with Crippen molar-refractivity contribution in [1.82, 2.24) is 14.3 Å². The number of hydrogen-bond acceptors (Lipinski definition) is 3. The average molecular weight is 287 g/mol. The van der Waals surface area contributed by atoms with E-state index in [1.807, 2.05) is 6.92 Å². The second-order valence-corrected chi connectivity index (χ2v) is 8.10. The third-order valence-electron chi connectivity index (χ3n) is 5.19. The predicted octanol–water partition coefficient (Wildman–Crippen LogP) is 0.551. The van der Waals surface area contributed by atoms with Gasteiger partial charge in [0.1, 0.15) is 0 Å². The zero-order valence-corrected chi connectivity index (χ0v) is 12.5. The Morgan fingerprint density at radius 1 is 1.21 bits per heavy atom. The van der Waals surface area contributed by atoms with Gasteiger partial charge in [0, 0.05) is 32.2 Å². The quantitative estimate of drug-likeness (QED) is 0.794. The summed E-state index contributed by atoms with van der Waals surface area (Å²) in [7, 11) is -3.29. The number of fused-ring (bicyclic) bond motifs is 2. The van der Waals surface area contributed by atoms with E-state index in [1.54, 1.807) is 4.31 Å². The van der Waals surface area contributed by atoms with Crippen LogP contribution in [0.15, 0.2) is 0 Å². The summed E-state index contributed by atoms with van der Waals surface area (Å²) in [6, 6.07) is 0.0789. The van der Waals surface area contributed by atoms with Crippen LogP contribution >= 0.6 is 0 Å². The lowest BCUT2D eigenvalue weighted by atomic mass is 9.84. The highest BCUT2D eigenvalue weighted by atomic mass is 32.2. The maximum atomic E-state index is 12.3. The van der Waals surface area contributed by atoms with Crippen molar-refractivity contribution >= 4 is 10.2 Å². The van der Waals surface area contributed by atoms with Gasteiger partial charge in [-0.05, 0) is 43.9 Å².